The van der Waals surface area contributed by atoms with Crippen molar-refractivity contribution in [3.8, 4) is 0 Å². The molecule has 90 valence electrons. The monoisotopic (exact) mass is 264 g/mol. The van der Waals surface area contributed by atoms with Gasteiger partial charge in [0.15, 0.2) is 11.6 Å². The van der Waals surface area contributed by atoms with Crippen LogP contribution in [0.4, 0.5) is 0 Å². The molecular weight excluding hydrogens is 247 g/mol. The number of aliphatic hydroxyl groups is 1. The van der Waals surface area contributed by atoms with Gasteiger partial charge in [0, 0.05) is 18.4 Å². The average molecular weight is 264 g/mol. The molecule has 0 fully saturated rings. The van der Waals surface area contributed by atoms with E-state index in [-0.39, 0.29) is 87.8 Å². The van der Waals surface area contributed by atoms with Crippen LogP contribution in [0.3, 0.4) is 0 Å². The van der Waals surface area contributed by atoms with Crippen molar-refractivity contribution < 1.29 is 71.2 Å². The summed E-state index contributed by atoms with van der Waals surface area (Å²) in [6, 6.07) is 0. The molecule has 1 atom stereocenters. The Morgan fingerprint density at radius 1 is 1.41 bits per heavy atom. The smallest absolute Gasteiger partial charge is 0.875 e. The molecule has 0 aromatic carbocycles. The zero-order valence-corrected chi connectivity index (χ0v) is 13.6. The van der Waals surface area contributed by atoms with Crippen molar-refractivity contribution in [2.75, 3.05) is 0 Å². The largest absolute Gasteiger partial charge is 1.00 e. The van der Waals surface area contributed by atoms with E-state index in [1.54, 1.807) is 0 Å². The van der Waals surface area contributed by atoms with Crippen LogP contribution in [0.1, 0.15) is 45.4 Å². The number of rotatable bonds is 6. The van der Waals surface area contributed by atoms with E-state index in [9.17, 15) is 19.8 Å². The summed E-state index contributed by atoms with van der Waals surface area (Å²) in [6.45, 7) is 1.95. The van der Waals surface area contributed by atoms with Gasteiger partial charge in [0.1, 0.15) is 0 Å². The van der Waals surface area contributed by atoms with Gasteiger partial charge in [0.25, 0.3) is 0 Å². The number of aliphatic hydroxyl groups excluding tert-OH is 1. The van der Waals surface area contributed by atoms with Crippen LogP contribution in [-0.4, -0.2) is 22.8 Å². The maximum absolute atomic E-state index is 11.6. The van der Waals surface area contributed by atoms with Crippen LogP contribution in [0.15, 0.2) is 11.3 Å². The Kier molecular flexibility index (Phi) is 8.80. The molecule has 4 nitrogen and oxygen atoms in total. The first-order valence-corrected chi connectivity index (χ1v) is 5.70. The van der Waals surface area contributed by atoms with Crippen LogP contribution in [0.25, 0.3) is 0 Å². The van der Waals surface area contributed by atoms with E-state index in [2.05, 4.69) is 0 Å². The fourth-order valence-corrected chi connectivity index (χ4v) is 1.84. The maximum atomic E-state index is 11.6. The molecule has 0 saturated carbocycles. The van der Waals surface area contributed by atoms with Crippen LogP contribution >= 0.6 is 0 Å². The molecule has 1 N–H and O–H groups in total. The first-order valence-electron chi connectivity index (χ1n) is 5.70. The summed E-state index contributed by atoms with van der Waals surface area (Å²) < 4.78 is 0. The van der Waals surface area contributed by atoms with Gasteiger partial charge in [-0.15, -0.1) is 5.76 Å². The Bertz CT molecular complexity index is 322. The zero-order chi connectivity index (χ0) is 12.1. The Morgan fingerprint density at radius 3 is 2.53 bits per heavy atom. The predicted octanol–water partition coefficient (Wildman–Crippen LogP) is -2.52. The third-order valence-corrected chi connectivity index (χ3v) is 2.74. The van der Waals surface area contributed by atoms with Crippen molar-refractivity contribution in [3.63, 3.8) is 0 Å². The molecule has 0 saturated heterocycles. The van der Waals surface area contributed by atoms with Gasteiger partial charge in [-0.3, -0.25) is 9.59 Å². The summed E-state index contributed by atoms with van der Waals surface area (Å²) in [5.74, 6) is -1.07. The summed E-state index contributed by atoms with van der Waals surface area (Å²) in [4.78, 5) is 22.8. The zero-order valence-electron chi connectivity index (χ0n) is 10.5. The number of hydrogen-bond donors (Lipinski definition) is 1. The molecule has 1 rings (SSSR count). The van der Waals surface area contributed by atoms with E-state index in [0.717, 1.165) is 6.42 Å². The number of ketones is 2. The summed E-state index contributed by atoms with van der Waals surface area (Å²) >= 11 is 0. The molecule has 1 aliphatic rings. The van der Waals surface area contributed by atoms with Crippen molar-refractivity contribution in [2.24, 2.45) is 0 Å². The molecule has 0 aromatic heterocycles. The van der Waals surface area contributed by atoms with Gasteiger partial charge in [-0.1, -0.05) is 13.3 Å². The van der Waals surface area contributed by atoms with Gasteiger partial charge in [0.2, 0.25) is 0 Å². The molecule has 0 amide bonds. The molecule has 0 bridgehead atoms. The van der Waals surface area contributed by atoms with Gasteiger partial charge in [-0.05, 0) is 19.3 Å². The minimum atomic E-state index is -0.513. The van der Waals surface area contributed by atoms with Gasteiger partial charge < -0.3 is 10.2 Å². The molecule has 0 radical (unpaired) electrons. The molecule has 1 unspecified atom stereocenters. The number of allylic oxidation sites excluding steroid dienone is 2. The second-order valence-corrected chi connectivity index (χ2v) is 4.13. The van der Waals surface area contributed by atoms with E-state index in [4.69, 9.17) is 0 Å². The fourth-order valence-electron chi connectivity index (χ4n) is 1.84. The number of hydrogen-bond acceptors (Lipinski definition) is 4. The second kappa shape index (κ2) is 8.56. The van der Waals surface area contributed by atoms with E-state index >= 15 is 0 Å². The first-order chi connectivity index (χ1) is 7.56. The van der Waals surface area contributed by atoms with Crippen LogP contribution in [0, 0.1) is 0 Å². The maximum Gasteiger partial charge on any atom is 1.00 e. The second-order valence-electron chi connectivity index (χ2n) is 4.13. The summed E-state index contributed by atoms with van der Waals surface area (Å²) in [7, 11) is 0. The molecule has 0 aliphatic heterocycles. The van der Waals surface area contributed by atoms with Crippen LogP contribution < -0.4 is 56.5 Å². The third-order valence-electron chi connectivity index (χ3n) is 2.74. The average Bonchev–Trinajstić information content (AvgIpc) is 2.56. The third kappa shape index (κ3) is 5.32. The summed E-state index contributed by atoms with van der Waals surface area (Å²) in [6.07, 6.45) is 1.73. The predicted molar refractivity (Wildman–Crippen MR) is 56.4 cm³/mol. The standard InChI is InChI=1S/C12H18O4.K/c1-2-3-8(13)4-5-9(14)12-10(15)6-7-11(12)16;/h8,13,15H,2-7H2,1H3;/q;+1/p-1. The van der Waals surface area contributed by atoms with Gasteiger partial charge in [-0.25, -0.2) is 0 Å². The topological polar surface area (TPSA) is 77.4 Å². The number of Topliss-reactive ketones (excluding diaryl/α,β-unsaturated/α-hetero) is 2. The van der Waals surface area contributed by atoms with Crippen LogP contribution in [0.5, 0.6) is 0 Å². The number of carbonyl (C=O) groups excluding carboxylic acids is 2. The van der Waals surface area contributed by atoms with Crippen LogP contribution in [-0.2, 0) is 9.59 Å². The molecule has 17 heavy (non-hydrogen) atoms. The Morgan fingerprint density at radius 2 is 2.06 bits per heavy atom. The van der Waals surface area contributed by atoms with E-state index < -0.39 is 11.9 Å². The summed E-state index contributed by atoms with van der Waals surface area (Å²) in [5.41, 5.74) is -0.149. The van der Waals surface area contributed by atoms with Crippen molar-refractivity contribution in [2.45, 2.75) is 51.6 Å². The van der Waals surface area contributed by atoms with E-state index in [1.165, 1.54) is 0 Å². The summed E-state index contributed by atoms with van der Waals surface area (Å²) in [5, 5.41) is 20.7. The Balaban J connectivity index is 0.00000256. The minimum absolute atomic E-state index is 0. The molecule has 0 spiro atoms. The van der Waals surface area contributed by atoms with Crippen LogP contribution in [0.2, 0.25) is 0 Å². The molecule has 0 heterocycles. The molecule has 0 aromatic rings. The van der Waals surface area contributed by atoms with Gasteiger partial charge in [0.05, 0.1) is 6.10 Å². The van der Waals surface area contributed by atoms with Gasteiger partial charge >= 0.3 is 51.4 Å². The quantitative estimate of drug-likeness (QED) is 0.424. The van der Waals surface area contributed by atoms with Crippen molar-refractivity contribution in [3.05, 3.63) is 11.3 Å². The Labute approximate surface area is 144 Å². The van der Waals surface area contributed by atoms with E-state index in [1.807, 2.05) is 6.92 Å². The Hall–Kier alpha value is 0.476. The molecule has 5 heteroatoms. The SMILES string of the molecule is CCCC(O)CCC(=O)C1=C([O-])CCC1=O.[K+]. The molecule has 1 aliphatic carbocycles. The van der Waals surface area contributed by atoms with Crippen molar-refractivity contribution in [1.82, 2.24) is 0 Å². The molecular formula is C12H17KO4. The minimum Gasteiger partial charge on any atom is -0.875 e. The normalized spacial score (nSPS) is 16.9. The van der Waals surface area contributed by atoms with Crippen molar-refractivity contribution in [1.29, 1.82) is 0 Å². The van der Waals surface area contributed by atoms with Crippen molar-refractivity contribution >= 4 is 11.6 Å². The first kappa shape index (κ1) is 17.5. The van der Waals surface area contributed by atoms with E-state index in [0.29, 0.717) is 12.8 Å². The number of carbonyl (C=O) groups is 2. The fraction of sp³-hybridized carbons (Fsp3) is 0.667. The van der Waals surface area contributed by atoms with Gasteiger partial charge in [-0.2, -0.15) is 0 Å².